The normalized spacial score (nSPS) is 10.3. The summed E-state index contributed by atoms with van der Waals surface area (Å²) in [6.45, 7) is 0. The molecule has 0 saturated heterocycles. The van der Waals surface area contributed by atoms with Gasteiger partial charge in [-0.1, -0.05) is 72.8 Å². The van der Waals surface area contributed by atoms with Gasteiger partial charge in [-0.15, -0.1) is 0 Å². The first-order chi connectivity index (χ1) is 11.3. The molecule has 0 aliphatic heterocycles. The standard InChI is InChI=1S/C21H18O2/c22-21(16-11-17-7-3-1-4-8-17)23-20-14-12-19(13-15-20)18-9-5-2-6-10-18/h1-10,12-15H,11,16H2. The molecular formula is C21H18O2. The van der Waals surface area contributed by atoms with E-state index >= 15 is 0 Å². The smallest absolute Gasteiger partial charge is 0.311 e. The highest BCUT2D eigenvalue weighted by atomic mass is 16.5. The van der Waals surface area contributed by atoms with Gasteiger partial charge in [0.05, 0.1) is 0 Å². The summed E-state index contributed by atoms with van der Waals surface area (Å²) in [5.74, 6) is 0.379. The highest BCUT2D eigenvalue weighted by molar-refractivity contribution is 5.73. The van der Waals surface area contributed by atoms with Crippen LogP contribution in [0, 0.1) is 0 Å². The Hall–Kier alpha value is -2.87. The SMILES string of the molecule is O=C(CCc1ccccc1)Oc1ccc(-c2ccccc2)cc1. The van der Waals surface area contributed by atoms with Crippen molar-refractivity contribution in [3.05, 3.63) is 90.5 Å². The molecule has 0 aliphatic rings. The molecule has 0 saturated carbocycles. The van der Waals surface area contributed by atoms with Gasteiger partial charge in [0.1, 0.15) is 5.75 Å². The van der Waals surface area contributed by atoms with E-state index in [1.165, 1.54) is 0 Å². The summed E-state index contributed by atoms with van der Waals surface area (Å²) in [7, 11) is 0. The van der Waals surface area contributed by atoms with Crippen LogP contribution in [-0.2, 0) is 11.2 Å². The summed E-state index contributed by atoms with van der Waals surface area (Å²) in [4.78, 5) is 11.9. The van der Waals surface area contributed by atoms with Crippen LogP contribution in [-0.4, -0.2) is 5.97 Å². The van der Waals surface area contributed by atoms with E-state index in [0.29, 0.717) is 18.6 Å². The van der Waals surface area contributed by atoms with Crippen LogP contribution in [0.3, 0.4) is 0 Å². The van der Waals surface area contributed by atoms with Crippen LogP contribution in [0.4, 0.5) is 0 Å². The summed E-state index contributed by atoms with van der Waals surface area (Å²) in [6.07, 6.45) is 1.08. The van der Waals surface area contributed by atoms with Crippen LogP contribution in [0.25, 0.3) is 11.1 Å². The first-order valence-electron chi connectivity index (χ1n) is 7.71. The van der Waals surface area contributed by atoms with Crippen molar-refractivity contribution in [2.24, 2.45) is 0 Å². The first kappa shape index (κ1) is 15.0. The van der Waals surface area contributed by atoms with Gasteiger partial charge in [0.15, 0.2) is 0 Å². The number of esters is 1. The van der Waals surface area contributed by atoms with E-state index in [4.69, 9.17) is 4.74 Å². The topological polar surface area (TPSA) is 26.3 Å². The fourth-order valence-corrected chi connectivity index (χ4v) is 2.42. The van der Waals surface area contributed by atoms with E-state index in [-0.39, 0.29) is 5.97 Å². The van der Waals surface area contributed by atoms with Gasteiger partial charge in [-0.2, -0.15) is 0 Å². The van der Waals surface area contributed by atoms with Crippen molar-refractivity contribution < 1.29 is 9.53 Å². The molecule has 0 N–H and O–H groups in total. The monoisotopic (exact) mass is 302 g/mol. The average molecular weight is 302 g/mol. The molecule has 3 rings (SSSR count). The fourth-order valence-electron chi connectivity index (χ4n) is 2.42. The maximum atomic E-state index is 11.9. The molecular weight excluding hydrogens is 284 g/mol. The zero-order valence-corrected chi connectivity index (χ0v) is 12.8. The molecule has 114 valence electrons. The third-order valence-corrected chi connectivity index (χ3v) is 3.65. The van der Waals surface area contributed by atoms with Crippen molar-refractivity contribution in [1.82, 2.24) is 0 Å². The summed E-state index contributed by atoms with van der Waals surface area (Å²) in [5.41, 5.74) is 3.40. The molecule has 23 heavy (non-hydrogen) atoms. The maximum Gasteiger partial charge on any atom is 0.311 e. The van der Waals surface area contributed by atoms with E-state index in [1.54, 1.807) is 0 Å². The second-order valence-corrected chi connectivity index (χ2v) is 5.35. The Morgan fingerprint density at radius 2 is 1.26 bits per heavy atom. The van der Waals surface area contributed by atoms with Gasteiger partial charge >= 0.3 is 5.97 Å². The summed E-state index contributed by atoms with van der Waals surface area (Å²) in [5, 5.41) is 0. The predicted molar refractivity (Wildman–Crippen MR) is 92.3 cm³/mol. The van der Waals surface area contributed by atoms with Crippen LogP contribution < -0.4 is 4.74 Å². The Morgan fingerprint density at radius 3 is 1.91 bits per heavy atom. The molecule has 0 atom stereocenters. The van der Waals surface area contributed by atoms with Crippen LogP contribution in [0.15, 0.2) is 84.9 Å². The van der Waals surface area contributed by atoms with E-state index in [1.807, 2.05) is 72.8 Å². The van der Waals surface area contributed by atoms with Crippen LogP contribution >= 0.6 is 0 Å². The van der Waals surface area contributed by atoms with Gasteiger partial charge < -0.3 is 4.74 Å². The molecule has 0 aromatic heterocycles. The van der Waals surface area contributed by atoms with Crippen LogP contribution in [0.1, 0.15) is 12.0 Å². The number of ether oxygens (including phenoxy) is 1. The number of rotatable bonds is 5. The van der Waals surface area contributed by atoms with E-state index in [0.717, 1.165) is 16.7 Å². The van der Waals surface area contributed by atoms with Gasteiger partial charge in [-0.3, -0.25) is 4.79 Å². The van der Waals surface area contributed by atoms with Gasteiger partial charge in [0.25, 0.3) is 0 Å². The van der Waals surface area contributed by atoms with Crippen molar-refractivity contribution in [3.63, 3.8) is 0 Å². The van der Waals surface area contributed by atoms with Crippen LogP contribution in [0.2, 0.25) is 0 Å². The van der Waals surface area contributed by atoms with E-state index in [2.05, 4.69) is 12.1 Å². The predicted octanol–water partition coefficient (Wildman–Crippen LogP) is 4.89. The molecule has 3 aromatic carbocycles. The third-order valence-electron chi connectivity index (χ3n) is 3.65. The molecule has 0 unspecified atom stereocenters. The minimum atomic E-state index is -0.207. The number of hydrogen-bond donors (Lipinski definition) is 0. The molecule has 0 heterocycles. The summed E-state index contributed by atoms with van der Waals surface area (Å²) in [6, 6.07) is 27.7. The lowest BCUT2D eigenvalue weighted by Crippen LogP contribution is -2.08. The number of benzene rings is 3. The molecule has 0 aliphatic carbocycles. The number of aryl methyl sites for hydroxylation is 1. The quantitative estimate of drug-likeness (QED) is 0.495. The minimum absolute atomic E-state index is 0.207. The molecule has 2 heteroatoms. The van der Waals surface area contributed by atoms with E-state index in [9.17, 15) is 4.79 Å². The molecule has 0 bridgehead atoms. The van der Waals surface area contributed by atoms with Gasteiger partial charge in [-0.25, -0.2) is 0 Å². The molecule has 3 aromatic rings. The molecule has 0 fully saturated rings. The van der Waals surface area contributed by atoms with Crippen molar-refractivity contribution in [2.45, 2.75) is 12.8 Å². The Bertz CT molecular complexity index is 747. The summed E-state index contributed by atoms with van der Waals surface area (Å²) >= 11 is 0. The largest absolute Gasteiger partial charge is 0.427 e. The minimum Gasteiger partial charge on any atom is -0.427 e. The Labute approximate surface area is 136 Å². The maximum absolute atomic E-state index is 11.9. The lowest BCUT2D eigenvalue weighted by Gasteiger charge is -2.06. The van der Waals surface area contributed by atoms with Gasteiger partial charge in [-0.05, 0) is 35.2 Å². The average Bonchev–Trinajstić information content (AvgIpc) is 2.62. The lowest BCUT2D eigenvalue weighted by molar-refractivity contribution is -0.134. The Balaban J connectivity index is 1.57. The van der Waals surface area contributed by atoms with Crippen LogP contribution in [0.5, 0.6) is 5.75 Å². The second-order valence-electron chi connectivity index (χ2n) is 5.35. The number of hydrogen-bond acceptors (Lipinski definition) is 2. The molecule has 0 radical (unpaired) electrons. The second kappa shape index (κ2) is 7.41. The third kappa shape index (κ3) is 4.30. The molecule has 0 amide bonds. The zero-order chi connectivity index (χ0) is 15.9. The van der Waals surface area contributed by atoms with Crippen molar-refractivity contribution in [2.75, 3.05) is 0 Å². The van der Waals surface area contributed by atoms with Crippen molar-refractivity contribution >= 4 is 5.97 Å². The number of carbonyl (C=O) groups is 1. The van der Waals surface area contributed by atoms with E-state index < -0.39 is 0 Å². The van der Waals surface area contributed by atoms with Gasteiger partial charge in [0, 0.05) is 6.42 Å². The first-order valence-corrected chi connectivity index (χ1v) is 7.71. The van der Waals surface area contributed by atoms with Crippen molar-refractivity contribution in [3.8, 4) is 16.9 Å². The zero-order valence-electron chi connectivity index (χ0n) is 12.8. The summed E-state index contributed by atoms with van der Waals surface area (Å²) < 4.78 is 5.39. The highest BCUT2D eigenvalue weighted by Crippen LogP contribution is 2.22. The molecule has 2 nitrogen and oxygen atoms in total. The Kier molecular flexibility index (Phi) is 4.85. The van der Waals surface area contributed by atoms with Crippen molar-refractivity contribution in [1.29, 1.82) is 0 Å². The lowest BCUT2D eigenvalue weighted by atomic mass is 10.1. The fraction of sp³-hybridized carbons (Fsp3) is 0.0952. The Morgan fingerprint density at radius 1 is 0.696 bits per heavy atom. The molecule has 0 spiro atoms. The van der Waals surface area contributed by atoms with Gasteiger partial charge in [0.2, 0.25) is 0 Å². The number of carbonyl (C=O) groups excluding carboxylic acids is 1. The highest BCUT2D eigenvalue weighted by Gasteiger charge is 2.06.